The number of hydrogen-bond donors (Lipinski definition) is 1. The summed E-state index contributed by atoms with van der Waals surface area (Å²) in [5.74, 6) is -0.463. The fourth-order valence-corrected chi connectivity index (χ4v) is 2.70. The molecule has 6 heteroatoms. The van der Waals surface area contributed by atoms with Crippen LogP contribution in [0, 0.1) is 0 Å². The minimum atomic E-state index is -0.463. The summed E-state index contributed by atoms with van der Waals surface area (Å²) in [5.41, 5.74) is 6.49. The molecule has 0 aliphatic carbocycles. The van der Waals surface area contributed by atoms with Gasteiger partial charge in [-0.15, -0.1) is 11.3 Å². The quantitative estimate of drug-likeness (QED) is 0.794. The van der Waals surface area contributed by atoms with Gasteiger partial charge in [0, 0.05) is 5.56 Å². The second-order valence-corrected chi connectivity index (χ2v) is 5.27. The van der Waals surface area contributed by atoms with Crippen LogP contribution in [-0.4, -0.2) is 15.5 Å². The Bertz CT molecular complexity index is 833. The number of nitrogens with zero attached hydrogens (tertiary/aromatic N) is 2. The van der Waals surface area contributed by atoms with Gasteiger partial charge in [0.05, 0.1) is 18.3 Å². The summed E-state index contributed by atoms with van der Waals surface area (Å²) in [5, 5.41) is 2.48. The van der Waals surface area contributed by atoms with Crippen LogP contribution < -0.4 is 11.3 Å². The van der Waals surface area contributed by atoms with Gasteiger partial charge in [-0.05, 0) is 29.1 Å². The van der Waals surface area contributed by atoms with E-state index in [1.807, 2.05) is 5.38 Å². The summed E-state index contributed by atoms with van der Waals surface area (Å²) >= 11 is 1.45. The van der Waals surface area contributed by atoms with Crippen LogP contribution in [0.5, 0.6) is 0 Å². The Hall–Kier alpha value is -2.47. The largest absolute Gasteiger partial charge is 0.366 e. The monoisotopic (exact) mass is 285 g/mol. The number of nitrogens with two attached hydrogens (primary N) is 1. The molecule has 20 heavy (non-hydrogen) atoms. The maximum absolute atomic E-state index is 12.2. The number of carbonyl (C=O) groups is 1. The molecule has 0 atom stereocenters. The van der Waals surface area contributed by atoms with Crippen molar-refractivity contribution in [2.45, 2.75) is 6.54 Å². The number of aromatic nitrogens is 2. The highest BCUT2D eigenvalue weighted by molar-refractivity contribution is 7.16. The Balaban J connectivity index is 1.94. The Kier molecular flexibility index (Phi) is 3.08. The molecule has 1 aromatic carbocycles. The van der Waals surface area contributed by atoms with E-state index in [0.717, 1.165) is 10.4 Å². The molecular formula is C14H11N3O2S. The van der Waals surface area contributed by atoms with E-state index in [-0.39, 0.29) is 5.56 Å². The van der Waals surface area contributed by atoms with Gasteiger partial charge in [0.2, 0.25) is 5.91 Å². The van der Waals surface area contributed by atoms with Gasteiger partial charge >= 0.3 is 0 Å². The smallest absolute Gasteiger partial charge is 0.262 e. The Morgan fingerprint density at radius 1 is 1.25 bits per heavy atom. The van der Waals surface area contributed by atoms with Crippen molar-refractivity contribution in [1.29, 1.82) is 0 Å². The van der Waals surface area contributed by atoms with E-state index in [0.29, 0.717) is 17.5 Å². The Morgan fingerprint density at radius 2 is 2.00 bits per heavy atom. The lowest BCUT2D eigenvalue weighted by Gasteiger charge is -2.05. The molecule has 0 bridgehead atoms. The summed E-state index contributed by atoms with van der Waals surface area (Å²) in [7, 11) is 0. The lowest BCUT2D eigenvalue weighted by Crippen LogP contribution is -2.20. The lowest BCUT2D eigenvalue weighted by atomic mass is 10.1. The fourth-order valence-electron chi connectivity index (χ4n) is 1.98. The van der Waals surface area contributed by atoms with E-state index >= 15 is 0 Å². The molecular weight excluding hydrogens is 274 g/mol. The van der Waals surface area contributed by atoms with Crippen LogP contribution in [0.1, 0.15) is 15.9 Å². The molecule has 0 spiro atoms. The molecule has 2 N–H and O–H groups in total. The molecule has 100 valence electrons. The zero-order valence-electron chi connectivity index (χ0n) is 10.4. The zero-order valence-corrected chi connectivity index (χ0v) is 11.3. The van der Waals surface area contributed by atoms with Gasteiger partial charge in [-0.3, -0.25) is 14.2 Å². The average molecular weight is 285 g/mol. The second-order valence-electron chi connectivity index (χ2n) is 4.38. The van der Waals surface area contributed by atoms with Crippen molar-refractivity contribution in [2.75, 3.05) is 0 Å². The average Bonchev–Trinajstić information content (AvgIpc) is 2.92. The van der Waals surface area contributed by atoms with Crippen LogP contribution in [0.25, 0.3) is 10.2 Å². The first-order valence-electron chi connectivity index (χ1n) is 5.96. The predicted molar refractivity (Wildman–Crippen MR) is 77.9 cm³/mol. The highest BCUT2D eigenvalue weighted by Gasteiger charge is 2.06. The fraction of sp³-hybridized carbons (Fsp3) is 0.0714. The number of primary amides is 1. The van der Waals surface area contributed by atoms with Crippen molar-refractivity contribution < 1.29 is 4.79 Å². The van der Waals surface area contributed by atoms with Crippen LogP contribution in [-0.2, 0) is 6.54 Å². The number of fused-ring (bicyclic) bond motifs is 1. The van der Waals surface area contributed by atoms with Crippen molar-refractivity contribution in [3.8, 4) is 0 Å². The van der Waals surface area contributed by atoms with Crippen LogP contribution >= 0.6 is 11.3 Å². The third kappa shape index (κ3) is 2.21. The van der Waals surface area contributed by atoms with Gasteiger partial charge in [-0.25, -0.2) is 4.98 Å². The number of amides is 1. The highest BCUT2D eigenvalue weighted by Crippen LogP contribution is 2.13. The minimum Gasteiger partial charge on any atom is -0.366 e. The summed E-state index contributed by atoms with van der Waals surface area (Å²) < 4.78 is 1.55. The van der Waals surface area contributed by atoms with E-state index in [1.165, 1.54) is 11.3 Å². The molecule has 5 nitrogen and oxygen atoms in total. The van der Waals surface area contributed by atoms with Crippen molar-refractivity contribution in [3.63, 3.8) is 0 Å². The minimum absolute atomic E-state index is 0.0600. The molecule has 0 aliphatic rings. The molecule has 0 aliphatic heterocycles. The van der Waals surface area contributed by atoms with E-state index in [4.69, 9.17) is 5.73 Å². The van der Waals surface area contributed by atoms with Gasteiger partial charge in [0.25, 0.3) is 5.56 Å². The molecule has 2 aromatic heterocycles. The topological polar surface area (TPSA) is 78.0 Å². The van der Waals surface area contributed by atoms with Crippen LogP contribution in [0.4, 0.5) is 0 Å². The summed E-state index contributed by atoms with van der Waals surface area (Å²) in [6.07, 6.45) is 1.54. The first kappa shape index (κ1) is 12.6. The maximum Gasteiger partial charge on any atom is 0.262 e. The van der Waals surface area contributed by atoms with E-state index in [2.05, 4.69) is 4.98 Å². The van der Waals surface area contributed by atoms with Crippen molar-refractivity contribution in [3.05, 3.63) is 63.5 Å². The molecule has 0 radical (unpaired) electrons. The molecule has 1 amide bonds. The van der Waals surface area contributed by atoms with E-state index in [9.17, 15) is 9.59 Å². The van der Waals surface area contributed by atoms with Gasteiger partial charge in [0.1, 0.15) is 4.83 Å². The van der Waals surface area contributed by atoms with E-state index < -0.39 is 5.91 Å². The molecule has 0 saturated carbocycles. The van der Waals surface area contributed by atoms with Crippen molar-refractivity contribution >= 4 is 27.5 Å². The van der Waals surface area contributed by atoms with Gasteiger partial charge < -0.3 is 5.73 Å². The Labute approximate surface area is 118 Å². The van der Waals surface area contributed by atoms with Gasteiger partial charge in [0.15, 0.2) is 0 Å². The number of carbonyl (C=O) groups excluding carboxylic acids is 1. The predicted octanol–water partition coefficient (Wildman–Crippen LogP) is 1.61. The summed E-state index contributed by atoms with van der Waals surface area (Å²) in [6.45, 7) is 0.413. The standard InChI is InChI=1S/C14H11N3O2S/c15-12(18)10-3-1-9(2-4-10)7-17-8-16-13-11(14(17)19)5-6-20-13/h1-6,8H,7H2,(H2,15,18). The molecule has 3 aromatic rings. The van der Waals surface area contributed by atoms with Crippen LogP contribution in [0.3, 0.4) is 0 Å². The molecule has 3 rings (SSSR count). The normalized spacial score (nSPS) is 10.8. The molecule has 0 unspecified atom stereocenters. The van der Waals surface area contributed by atoms with Crippen LogP contribution in [0.2, 0.25) is 0 Å². The SMILES string of the molecule is NC(=O)c1ccc(Cn2cnc3sccc3c2=O)cc1. The number of hydrogen-bond acceptors (Lipinski definition) is 4. The maximum atomic E-state index is 12.2. The van der Waals surface area contributed by atoms with Crippen molar-refractivity contribution in [2.24, 2.45) is 5.73 Å². The van der Waals surface area contributed by atoms with E-state index in [1.54, 1.807) is 41.2 Å². The molecule has 0 fully saturated rings. The Morgan fingerprint density at radius 3 is 2.70 bits per heavy atom. The van der Waals surface area contributed by atoms with Gasteiger partial charge in [-0.1, -0.05) is 12.1 Å². The van der Waals surface area contributed by atoms with Crippen molar-refractivity contribution in [1.82, 2.24) is 9.55 Å². The highest BCUT2D eigenvalue weighted by atomic mass is 32.1. The number of rotatable bonds is 3. The van der Waals surface area contributed by atoms with Gasteiger partial charge in [-0.2, -0.15) is 0 Å². The molecule has 2 heterocycles. The lowest BCUT2D eigenvalue weighted by molar-refractivity contribution is 0.100. The zero-order chi connectivity index (χ0) is 14.1. The number of benzene rings is 1. The molecule has 0 saturated heterocycles. The number of thiophene rings is 1. The second kappa shape index (κ2) is 4.90. The summed E-state index contributed by atoms with van der Waals surface area (Å²) in [4.78, 5) is 28.2. The summed E-state index contributed by atoms with van der Waals surface area (Å²) in [6, 6.07) is 8.65. The first-order chi connectivity index (χ1) is 9.65. The third-order valence-corrected chi connectivity index (χ3v) is 3.86. The third-order valence-electron chi connectivity index (χ3n) is 3.04. The first-order valence-corrected chi connectivity index (χ1v) is 6.84. The van der Waals surface area contributed by atoms with Crippen LogP contribution in [0.15, 0.2) is 46.8 Å².